The third-order valence-electron chi connectivity index (χ3n) is 2.33. The van der Waals surface area contributed by atoms with Gasteiger partial charge in [0.15, 0.2) is 0 Å². The Kier molecular flexibility index (Phi) is 2.22. The fourth-order valence-corrected chi connectivity index (χ4v) is 2.50. The van der Waals surface area contributed by atoms with Crippen molar-refractivity contribution in [1.29, 1.82) is 0 Å². The molecule has 2 heterocycles. The molecular formula is C9H10N2O3S. The molecule has 0 aliphatic carbocycles. The van der Waals surface area contributed by atoms with E-state index in [0.717, 1.165) is 4.90 Å². The van der Waals surface area contributed by atoms with Crippen LogP contribution in [0.15, 0.2) is 11.0 Å². The van der Waals surface area contributed by atoms with Gasteiger partial charge in [0.05, 0.1) is 10.1 Å². The number of fused-ring (bicyclic) bond motifs is 1. The third-order valence-corrected chi connectivity index (χ3v) is 3.46. The lowest BCUT2D eigenvalue weighted by molar-refractivity contribution is -0.115. The number of nitrogens with zero attached hydrogens (tertiary/aromatic N) is 1. The molecule has 1 unspecified atom stereocenters. The van der Waals surface area contributed by atoms with Crippen molar-refractivity contribution in [2.75, 3.05) is 5.32 Å². The summed E-state index contributed by atoms with van der Waals surface area (Å²) in [5.41, 5.74) is 0.182. The molecule has 80 valence electrons. The highest BCUT2D eigenvalue weighted by Gasteiger charge is 2.28. The number of rotatable bonds is 1. The first kappa shape index (κ1) is 10.1. The minimum atomic E-state index is -0.991. The zero-order chi connectivity index (χ0) is 11.2. The van der Waals surface area contributed by atoms with Crippen molar-refractivity contribution in [3.63, 3.8) is 0 Å². The van der Waals surface area contributed by atoms with Crippen molar-refractivity contribution in [2.24, 2.45) is 7.05 Å². The van der Waals surface area contributed by atoms with Crippen LogP contribution in [0.2, 0.25) is 0 Å². The molecule has 1 aliphatic heterocycles. The zero-order valence-electron chi connectivity index (χ0n) is 8.27. The normalized spacial score (nSPS) is 19.6. The van der Waals surface area contributed by atoms with Gasteiger partial charge in [-0.15, -0.1) is 11.8 Å². The highest BCUT2D eigenvalue weighted by atomic mass is 32.2. The Morgan fingerprint density at radius 3 is 2.93 bits per heavy atom. The molecule has 1 aromatic rings. The quantitative estimate of drug-likeness (QED) is 0.753. The van der Waals surface area contributed by atoms with Crippen molar-refractivity contribution in [3.05, 3.63) is 11.8 Å². The maximum atomic E-state index is 11.4. The Bertz CT molecular complexity index is 452. The van der Waals surface area contributed by atoms with Crippen LogP contribution in [-0.4, -0.2) is 26.8 Å². The van der Waals surface area contributed by atoms with Crippen LogP contribution in [0, 0.1) is 0 Å². The molecule has 1 aliphatic rings. The van der Waals surface area contributed by atoms with Crippen molar-refractivity contribution in [1.82, 2.24) is 4.57 Å². The maximum absolute atomic E-state index is 11.4. The van der Waals surface area contributed by atoms with E-state index in [4.69, 9.17) is 5.11 Å². The van der Waals surface area contributed by atoms with E-state index in [1.165, 1.54) is 16.3 Å². The van der Waals surface area contributed by atoms with E-state index >= 15 is 0 Å². The first-order chi connectivity index (χ1) is 7.00. The molecule has 15 heavy (non-hydrogen) atoms. The topological polar surface area (TPSA) is 71.3 Å². The SMILES string of the molecule is CC1Sc2cc(C(=O)O)n(C)c2NC1=O. The van der Waals surface area contributed by atoms with Crippen LogP contribution >= 0.6 is 11.8 Å². The Hall–Kier alpha value is -1.43. The fraction of sp³-hybridized carbons (Fsp3) is 0.333. The van der Waals surface area contributed by atoms with Gasteiger partial charge in [0, 0.05) is 7.05 Å². The summed E-state index contributed by atoms with van der Waals surface area (Å²) < 4.78 is 1.48. The predicted molar refractivity (Wildman–Crippen MR) is 56.3 cm³/mol. The van der Waals surface area contributed by atoms with Crippen LogP contribution < -0.4 is 5.32 Å². The average molecular weight is 226 g/mol. The number of thioether (sulfide) groups is 1. The Labute approximate surface area is 90.5 Å². The van der Waals surface area contributed by atoms with Crippen LogP contribution in [0.1, 0.15) is 17.4 Å². The number of carbonyl (C=O) groups excluding carboxylic acids is 1. The average Bonchev–Trinajstić information content (AvgIpc) is 2.46. The molecule has 0 fully saturated rings. The van der Waals surface area contributed by atoms with Crippen LogP contribution in [0.5, 0.6) is 0 Å². The molecule has 5 nitrogen and oxygen atoms in total. The first-order valence-electron chi connectivity index (χ1n) is 4.41. The van der Waals surface area contributed by atoms with Gasteiger partial charge in [-0.2, -0.15) is 0 Å². The second-order valence-corrected chi connectivity index (χ2v) is 4.74. The zero-order valence-corrected chi connectivity index (χ0v) is 9.09. The number of hydrogen-bond acceptors (Lipinski definition) is 3. The summed E-state index contributed by atoms with van der Waals surface area (Å²) in [6, 6.07) is 1.58. The van der Waals surface area contributed by atoms with Crippen molar-refractivity contribution in [3.8, 4) is 0 Å². The summed E-state index contributed by atoms with van der Waals surface area (Å²) in [4.78, 5) is 23.1. The van der Waals surface area contributed by atoms with Crippen LogP contribution in [0.3, 0.4) is 0 Å². The number of anilines is 1. The lowest BCUT2D eigenvalue weighted by atomic mass is 10.4. The number of hydrogen-bond donors (Lipinski definition) is 2. The summed E-state index contributed by atoms with van der Waals surface area (Å²) in [5.74, 6) is -0.513. The van der Waals surface area contributed by atoms with Crippen LogP contribution in [-0.2, 0) is 11.8 Å². The van der Waals surface area contributed by atoms with Gasteiger partial charge in [0.25, 0.3) is 0 Å². The number of nitrogens with one attached hydrogen (secondary N) is 1. The monoisotopic (exact) mass is 226 g/mol. The van der Waals surface area contributed by atoms with Gasteiger partial charge in [-0.25, -0.2) is 4.79 Å². The second-order valence-electron chi connectivity index (χ2n) is 3.36. The molecule has 1 amide bonds. The van der Waals surface area contributed by atoms with Gasteiger partial charge in [-0.05, 0) is 13.0 Å². The lowest BCUT2D eigenvalue weighted by Gasteiger charge is -2.19. The van der Waals surface area contributed by atoms with Crippen molar-refractivity contribution < 1.29 is 14.7 Å². The molecule has 0 saturated heterocycles. The standard InChI is InChI=1S/C9H10N2O3S/c1-4-8(12)10-7-6(15-4)3-5(9(13)14)11(7)2/h3-4H,1-2H3,(H,10,12)(H,13,14). The van der Waals surface area contributed by atoms with Gasteiger partial charge in [-0.1, -0.05) is 0 Å². The summed E-state index contributed by atoms with van der Waals surface area (Å²) in [7, 11) is 1.62. The Balaban J connectivity index is 2.50. The molecule has 2 N–H and O–H groups in total. The fourth-order valence-electron chi connectivity index (χ4n) is 1.48. The summed E-state index contributed by atoms with van der Waals surface area (Å²) in [6.07, 6.45) is 0. The Morgan fingerprint density at radius 2 is 2.33 bits per heavy atom. The Morgan fingerprint density at radius 1 is 1.67 bits per heavy atom. The van der Waals surface area contributed by atoms with E-state index in [9.17, 15) is 9.59 Å². The van der Waals surface area contributed by atoms with Crippen molar-refractivity contribution in [2.45, 2.75) is 17.1 Å². The van der Waals surface area contributed by atoms with Gasteiger partial charge in [0.2, 0.25) is 5.91 Å². The minimum absolute atomic E-state index is 0.0920. The summed E-state index contributed by atoms with van der Waals surface area (Å²) >= 11 is 1.38. The molecule has 0 spiro atoms. The van der Waals surface area contributed by atoms with E-state index in [-0.39, 0.29) is 16.9 Å². The second kappa shape index (κ2) is 3.30. The summed E-state index contributed by atoms with van der Waals surface area (Å²) in [5, 5.41) is 11.4. The van der Waals surface area contributed by atoms with Crippen molar-refractivity contribution >= 4 is 29.5 Å². The van der Waals surface area contributed by atoms with E-state index in [1.807, 2.05) is 0 Å². The molecule has 0 bridgehead atoms. The van der Waals surface area contributed by atoms with E-state index in [1.54, 1.807) is 20.0 Å². The smallest absolute Gasteiger partial charge is 0.352 e. The molecule has 0 saturated carbocycles. The lowest BCUT2D eigenvalue weighted by Crippen LogP contribution is -2.27. The largest absolute Gasteiger partial charge is 0.477 e. The maximum Gasteiger partial charge on any atom is 0.352 e. The van der Waals surface area contributed by atoms with E-state index in [0.29, 0.717) is 5.82 Å². The van der Waals surface area contributed by atoms with Crippen LogP contribution in [0.25, 0.3) is 0 Å². The molecular weight excluding hydrogens is 216 g/mol. The predicted octanol–water partition coefficient (Wildman–Crippen LogP) is 1.16. The van der Waals surface area contributed by atoms with Gasteiger partial charge < -0.3 is 15.0 Å². The number of carboxylic acids is 1. The van der Waals surface area contributed by atoms with E-state index in [2.05, 4.69) is 5.32 Å². The number of aromatic nitrogens is 1. The minimum Gasteiger partial charge on any atom is -0.477 e. The highest BCUT2D eigenvalue weighted by Crippen LogP contribution is 2.37. The number of aromatic carboxylic acids is 1. The number of amides is 1. The van der Waals surface area contributed by atoms with Gasteiger partial charge in [-0.3, -0.25) is 4.79 Å². The molecule has 0 aromatic carbocycles. The number of carboxylic acid groups (broad SMARTS) is 1. The highest BCUT2D eigenvalue weighted by molar-refractivity contribution is 8.00. The molecule has 6 heteroatoms. The van der Waals surface area contributed by atoms with E-state index < -0.39 is 5.97 Å². The number of carbonyl (C=O) groups is 2. The summed E-state index contributed by atoms with van der Waals surface area (Å²) in [6.45, 7) is 1.79. The van der Waals surface area contributed by atoms with Gasteiger partial charge >= 0.3 is 5.97 Å². The molecule has 1 aromatic heterocycles. The van der Waals surface area contributed by atoms with Crippen LogP contribution in [0.4, 0.5) is 5.82 Å². The van der Waals surface area contributed by atoms with Gasteiger partial charge in [0.1, 0.15) is 11.5 Å². The molecule has 2 rings (SSSR count). The first-order valence-corrected chi connectivity index (χ1v) is 5.29. The molecule has 1 atom stereocenters. The third kappa shape index (κ3) is 1.50. The molecule has 0 radical (unpaired) electrons.